The second kappa shape index (κ2) is 4.11. The fourth-order valence-corrected chi connectivity index (χ4v) is 2.36. The number of thioether (sulfide) groups is 1. The minimum absolute atomic E-state index is 0.571. The smallest absolute Gasteiger partial charge is 0.122 e. The molecule has 1 aliphatic heterocycles. The van der Waals surface area contributed by atoms with Crippen molar-refractivity contribution < 1.29 is 9.47 Å². The summed E-state index contributed by atoms with van der Waals surface area (Å²) in [7, 11) is 1.65. The molecule has 2 rings (SSSR count). The largest absolute Gasteiger partial charge is 0.497 e. The van der Waals surface area contributed by atoms with Crippen molar-refractivity contribution in [1.29, 1.82) is 0 Å². The van der Waals surface area contributed by atoms with Crippen LogP contribution in [-0.4, -0.2) is 25.6 Å². The van der Waals surface area contributed by atoms with Gasteiger partial charge in [0, 0.05) is 16.6 Å². The van der Waals surface area contributed by atoms with Crippen LogP contribution in [0.3, 0.4) is 0 Å². The highest BCUT2D eigenvalue weighted by Gasteiger charge is 2.19. The number of nitrogens with two attached hydrogens (primary N) is 1. The lowest BCUT2D eigenvalue weighted by atomic mass is 10.3. The molecule has 3 nitrogen and oxygen atoms in total. The first-order valence-electron chi connectivity index (χ1n) is 4.47. The van der Waals surface area contributed by atoms with Crippen LogP contribution in [0.25, 0.3) is 0 Å². The van der Waals surface area contributed by atoms with Crippen LogP contribution in [0.1, 0.15) is 0 Å². The number of anilines is 1. The molecule has 2 N–H and O–H groups in total. The molecule has 0 atom stereocenters. The van der Waals surface area contributed by atoms with E-state index < -0.39 is 0 Å². The molecule has 0 saturated carbocycles. The lowest BCUT2D eigenvalue weighted by Gasteiger charge is -2.25. The van der Waals surface area contributed by atoms with Crippen LogP contribution in [-0.2, 0) is 4.74 Å². The zero-order chi connectivity index (χ0) is 9.97. The van der Waals surface area contributed by atoms with Crippen molar-refractivity contribution in [2.75, 3.05) is 26.1 Å². The summed E-state index contributed by atoms with van der Waals surface area (Å²) in [5.41, 5.74) is 6.49. The highest BCUT2D eigenvalue weighted by atomic mass is 32.2. The van der Waals surface area contributed by atoms with Crippen molar-refractivity contribution in [1.82, 2.24) is 0 Å². The van der Waals surface area contributed by atoms with Gasteiger partial charge in [-0.25, -0.2) is 0 Å². The monoisotopic (exact) mass is 211 g/mol. The second-order valence-electron chi connectivity index (χ2n) is 3.22. The maximum atomic E-state index is 5.75. The highest BCUT2D eigenvalue weighted by Crippen LogP contribution is 2.32. The fourth-order valence-electron chi connectivity index (χ4n) is 1.25. The first-order chi connectivity index (χ1) is 6.78. The number of benzene rings is 1. The summed E-state index contributed by atoms with van der Waals surface area (Å²) >= 11 is 1.79. The van der Waals surface area contributed by atoms with Gasteiger partial charge in [0.1, 0.15) is 5.75 Å². The van der Waals surface area contributed by atoms with Crippen molar-refractivity contribution in [3.8, 4) is 5.75 Å². The molecule has 0 unspecified atom stereocenters. The van der Waals surface area contributed by atoms with Gasteiger partial charge in [-0.15, -0.1) is 11.8 Å². The van der Waals surface area contributed by atoms with Gasteiger partial charge in [-0.05, 0) is 12.1 Å². The Balaban J connectivity index is 2.11. The van der Waals surface area contributed by atoms with Gasteiger partial charge in [-0.2, -0.15) is 0 Å². The first kappa shape index (κ1) is 9.68. The topological polar surface area (TPSA) is 44.5 Å². The summed E-state index contributed by atoms with van der Waals surface area (Å²) in [6.45, 7) is 1.67. The van der Waals surface area contributed by atoms with E-state index in [4.69, 9.17) is 15.2 Å². The Hall–Kier alpha value is -0.870. The molecule has 1 saturated heterocycles. The molecule has 4 heteroatoms. The lowest BCUT2D eigenvalue weighted by molar-refractivity contribution is 0.0455. The normalized spacial score (nSPS) is 16.4. The average Bonchev–Trinajstić information content (AvgIpc) is 2.10. The van der Waals surface area contributed by atoms with Crippen molar-refractivity contribution >= 4 is 17.4 Å². The molecule has 14 heavy (non-hydrogen) atoms. The number of hydrogen-bond donors (Lipinski definition) is 1. The van der Waals surface area contributed by atoms with Crippen molar-refractivity contribution in [3.63, 3.8) is 0 Å². The highest BCUT2D eigenvalue weighted by molar-refractivity contribution is 8.00. The number of ether oxygens (including phenoxy) is 2. The fraction of sp³-hybridized carbons (Fsp3) is 0.400. The quantitative estimate of drug-likeness (QED) is 0.774. The molecule has 76 valence electrons. The minimum Gasteiger partial charge on any atom is -0.497 e. The van der Waals surface area contributed by atoms with Gasteiger partial charge < -0.3 is 15.2 Å². The van der Waals surface area contributed by atoms with Gasteiger partial charge in [0.05, 0.1) is 25.6 Å². The summed E-state index contributed by atoms with van der Waals surface area (Å²) in [6.07, 6.45) is 0. The van der Waals surface area contributed by atoms with Gasteiger partial charge in [-0.3, -0.25) is 0 Å². The van der Waals surface area contributed by atoms with Crippen LogP contribution in [0.15, 0.2) is 23.1 Å². The molecular weight excluding hydrogens is 198 g/mol. The van der Waals surface area contributed by atoms with Crippen LogP contribution in [0.4, 0.5) is 5.69 Å². The maximum absolute atomic E-state index is 5.75. The molecule has 1 aromatic carbocycles. The number of methoxy groups -OCH3 is 1. The lowest BCUT2D eigenvalue weighted by Crippen LogP contribution is -2.30. The third kappa shape index (κ3) is 2.13. The van der Waals surface area contributed by atoms with Gasteiger partial charge in [0.25, 0.3) is 0 Å². The minimum atomic E-state index is 0.571. The van der Waals surface area contributed by atoms with Crippen LogP contribution >= 0.6 is 11.8 Å². The summed E-state index contributed by atoms with van der Waals surface area (Å²) < 4.78 is 10.3. The van der Waals surface area contributed by atoms with E-state index in [-0.39, 0.29) is 0 Å². The Bertz CT molecular complexity index is 326. The molecule has 1 aliphatic rings. The Morgan fingerprint density at radius 3 is 2.79 bits per heavy atom. The molecule has 0 spiro atoms. The van der Waals surface area contributed by atoms with Crippen LogP contribution in [0.2, 0.25) is 0 Å². The predicted octanol–water partition coefficient (Wildman–Crippen LogP) is 1.77. The van der Waals surface area contributed by atoms with Gasteiger partial charge >= 0.3 is 0 Å². The average molecular weight is 211 g/mol. The summed E-state index contributed by atoms with van der Waals surface area (Å²) in [6, 6.07) is 5.78. The molecule has 0 aliphatic carbocycles. The standard InChI is InChI=1S/C10H13NO2S/c1-12-8-2-7(11)3-9(4-8)14-10-5-13-6-10/h2-4,10H,5-6,11H2,1H3. The molecule has 1 fully saturated rings. The second-order valence-corrected chi connectivity index (χ2v) is 4.59. The zero-order valence-corrected chi connectivity index (χ0v) is 8.84. The SMILES string of the molecule is COc1cc(N)cc(SC2COC2)c1. The van der Waals surface area contributed by atoms with E-state index in [1.54, 1.807) is 18.9 Å². The molecule has 0 amide bonds. The summed E-state index contributed by atoms with van der Waals surface area (Å²) in [5, 5.41) is 0.571. The Labute approximate surface area is 87.6 Å². The van der Waals surface area contributed by atoms with Crippen LogP contribution < -0.4 is 10.5 Å². The first-order valence-corrected chi connectivity index (χ1v) is 5.35. The van der Waals surface area contributed by atoms with E-state index in [0.717, 1.165) is 29.5 Å². The number of rotatable bonds is 3. The molecule has 0 aromatic heterocycles. The summed E-state index contributed by atoms with van der Waals surface area (Å²) in [5.74, 6) is 0.813. The summed E-state index contributed by atoms with van der Waals surface area (Å²) in [4.78, 5) is 1.15. The van der Waals surface area contributed by atoms with Gasteiger partial charge in [0.15, 0.2) is 0 Å². The van der Waals surface area contributed by atoms with Crippen molar-refractivity contribution in [2.45, 2.75) is 10.1 Å². The number of nitrogen functional groups attached to an aromatic ring is 1. The molecule has 1 heterocycles. The molecule has 0 radical (unpaired) electrons. The Morgan fingerprint density at radius 2 is 2.21 bits per heavy atom. The van der Waals surface area contributed by atoms with E-state index in [2.05, 4.69) is 0 Å². The predicted molar refractivity (Wildman–Crippen MR) is 57.9 cm³/mol. The Morgan fingerprint density at radius 1 is 1.43 bits per heavy atom. The third-order valence-electron chi connectivity index (χ3n) is 2.05. The van der Waals surface area contributed by atoms with Crippen LogP contribution in [0.5, 0.6) is 5.75 Å². The molecule has 1 aromatic rings. The van der Waals surface area contributed by atoms with Gasteiger partial charge in [-0.1, -0.05) is 0 Å². The third-order valence-corrected chi connectivity index (χ3v) is 3.16. The van der Waals surface area contributed by atoms with E-state index in [1.165, 1.54) is 0 Å². The van der Waals surface area contributed by atoms with E-state index in [9.17, 15) is 0 Å². The number of hydrogen-bond acceptors (Lipinski definition) is 4. The zero-order valence-electron chi connectivity index (χ0n) is 8.03. The molecular formula is C10H13NO2S. The van der Waals surface area contributed by atoms with E-state index in [0.29, 0.717) is 5.25 Å². The van der Waals surface area contributed by atoms with E-state index >= 15 is 0 Å². The van der Waals surface area contributed by atoms with Crippen molar-refractivity contribution in [2.24, 2.45) is 0 Å². The van der Waals surface area contributed by atoms with Crippen LogP contribution in [0, 0.1) is 0 Å². The van der Waals surface area contributed by atoms with Crippen molar-refractivity contribution in [3.05, 3.63) is 18.2 Å². The maximum Gasteiger partial charge on any atom is 0.122 e. The Kier molecular flexibility index (Phi) is 2.84. The van der Waals surface area contributed by atoms with E-state index in [1.807, 2.05) is 18.2 Å². The van der Waals surface area contributed by atoms with Gasteiger partial charge in [0.2, 0.25) is 0 Å². The molecule has 0 bridgehead atoms.